The van der Waals surface area contributed by atoms with Crippen molar-refractivity contribution >= 4 is 29.4 Å². The van der Waals surface area contributed by atoms with E-state index < -0.39 is 5.97 Å². The number of hydrogen-bond donors (Lipinski definition) is 3. The third-order valence-corrected chi connectivity index (χ3v) is 4.16. The molecule has 5 nitrogen and oxygen atoms in total. The molecule has 6 heteroatoms. The zero-order chi connectivity index (χ0) is 13.8. The van der Waals surface area contributed by atoms with Crippen molar-refractivity contribution in [1.82, 2.24) is 5.32 Å². The smallest absolute Gasteiger partial charge is 0.338 e. The third-order valence-electron chi connectivity index (χ3n) is 3.00. The summed E-state index contributed by atoms with van der Waals surface area (Å²) in [6, 6.07) is 4.85. The van der Waals surface area contributed by atoms with Gasteiger partial charge in [-0.1, -0.05) is 12.1 Å². The molecule has 2 amide bonds. The van der Waals surface area contributed by atoms with E-state index in [9.17, 15) is 9.59 Å². The van der Waals surface area contributed by atoms with Crippen molar-refractivity contribution in [3.05, 3.63) is 29.3 Å². The second-order valence-electron chi connectivity index (χ2n) is 4.46. The molecule has 1 aromatic rings. The Labute approximate surface area is 115 Å². The van der Waals surface area contributed by atoms with Crippen LogP contribution in [0.25, 0.3) is 0 Å². The highest BCUT2D eigenvalue weighted by molar-refractivity contribution is 7.99. The summed E-state index contributed by atoms with van der Waals surface area (Å²) in [6.45, 7) is 1.71. The van der Waals surface area contributed by atoms with Crippen LogP contribution in [0.3, 0.4) is 0 Å². The van der Waals surface area contributed by atoms with Crippen LogP contribution in [0.5, 0.6) is 0 Å². The highest BCUT2D eigenvalue weighted by Crippen LogP contribution is 2.20. The van der Waals surface area contributed by atoms with Gasteiger partial charge in [0.2, 0.25) is 0 Å². The van der Waals surface area contributed by atoms with Crippen LogP contribution in [-0.4, -0.2) is 34.7 Å². The number of rotatable bonds is 3. The van der Waals surface area contributed by atoms with Crippen LogP contribution in [-0.2, 0) is 0 Å². The highest BCUT2D eigenvalue weighted by atomic mass is 32.2. The summed E-state index contributed by atoms with van der Waals surface area (Å²) in [6.07, 6.45) is 0.956. The number of amides is 2. The molecule has 0 spiro atoms. The number of thioether (sulfide) groups is 1. The van der Waals surface area contributed by atoms with E-state index in [1.54, 1.807) is 36.9 Å². The Bertz CT molecular complexity index is 499. The van der Waals surface area contributed by atoms with E-state index in [1.807, 2.05) is 0 Å². The Kier molecular flexibility index (Phi) is 4.31. The summed E-state index contributed by atoms with van der Waals surface area (Å²) < 4.78 is 0. The maximum absolute atomic E-state index is 11.8. The summed E-state index contributed by atoms with van der Waals surface area (Å²) in [5.74, 6) is 0.924. The largest absolute Gasteiger partial charge is 0.478 e. The molecule has 0 radical (unpaired) electrons. The summed E-state index contributed by atoms with van der Waals surface area (Å²) in [4.78, 5) is 23.0. The van der Waals surface area contributed by atoms with Crippen molar-refractivity contribution in [2.75, 3.05) is 16.8 Å². The quantitative estimate of drug-likeness (QED) is 0.794. The first-order valence-corrected chi connectivity index (χ1v) is 7.21. The molecule has 1 heterocycles. The average Bonchev–Trinajstić information content (AvgIpc) is 2.81. The lowest BCUT2D eigenvalue weighted by Gasteiger charge is -2.14. The number of carbonyl (C=O) groups excluding carboxylic acids is 1. The van der Waals surface area contributed by atoms with Crippen molar-refractivity contribution in [2.45, 2.75) is 19.4 Å². The van der Waals surface area contributed by atoms with Crippen LogP contribution in [0, 0.1) is 6.92 Å². The van der Waals surface area contributed by atoms with E-state index >= 15 is 0 Å². The zero-order valence-electron chi connectivity index (χ0n) is 10.6. The minimum atomic E-state index is -1.04. The van der Waals surface area contributed by atoms with Gasteiger partial charge in [0.1, 0.15) is 0 Å². The summed E-state index contributed by atoms with van der Waals surface area (Å²) in [5.41, 5.74) is 1.09. The molecular formula is C13H16N2O3S. The molecule has 0 aromatic heterocycles. The van der Waals surface area contributed by atoms with Gasteiger partial charge in [0.15, 0.2) is 0 Å². The summed E-state index contributed by atoms with van der Waals surface area (Å²) in [7, 11) is 0. The number of anilines is 1. The molecule has 1 aliphatic heterocycles. The number of urea groups is 1. The zero-order valence-corrected chi connectivity index (χ0v) is 11.4. The molecule has 1 aromatic carbocycles. The Hall–Kier alpha value is -1.69. The first-order chi connectivity index (χ1) is 9.08. The maximum atomic E-state index is 11.8. The van der Waals surface area contributed by atoms with Crippen LogP contribution >= 0.6 is 11.8 Å². The van der Waals surface area contributed by atoms with Crippen LogP contribution in [0.15, 0.2) is 18.2 Å². The molecule has 1 atom stereocenters. The van der Waals surface area contributed by atoms with Gasteiger partial charge >= 0.3 is 12.0 Å². The fourth-order valence-corrected chi connectivity index (χ4v) is 3.20. The summed E-state index contributed by atoms with van der Waals surface area (Å²) >= 11 is 1.80. The minimum absolute atomic E-state index is 0.137. The molecule has 1 saturated heterocycles. The van der Waals surface area contributed by atoms with Gasteiger partial charge in [0, 0.05) is 11.8 Å². The second-order valence-corrected chi connectivity index (χ2v) is 5.61. The van der Waals surface area contributed by atoms with Gasteiger partial charge in [-0.15, -0.1) is 0 Å². The molecule has 0 saturated carbocycles. The predicted molar refractivity (Wildman–Crippen MR) is 76.0 cm³/mol. The lowest BCUT2D eigenvalue weighted by molar-refractivity contribution is 0.0697. The number of benzene rings is 1. The normalized spacial score (nSPS) is 18.1. The number of carboxylic acid groups (broad SMARTS) is 1. The number of aromatic carboxylic acids is 1. The van der Waals surface area contributed by atoms with Crippen LogP contribution in [0.1, 0.15) is 22.3 Å². The molecule has 0 aliphatic carbocycles. The van der Waals surface area contributed by atoms with E-state index in [0.717, 1.165) is 17.9 Å². The predicted octanol–water partition coefficient (Wildman–Crippen LogP) is 2.32. The molecule has 1 fully saturated rings. The maximum Gasteiger partial charge on any atom is 0.338 e. The Morgan fingerprint density at radius 3 is 2.84 bits per heavy atom. The fourth-order valence-electron chi connectivity index (χ4n) is 2.05. The van der Waals surface area contributed by atoms with Crippen molar-refractivity contribution < 1.29 is 14.7 Å². The van der Waals surface area contributed by atoms with Crippen molar-refractivity contribution in [1.29, 1.82) is 0 Å². The summed E-state index contributed by atoms with van der Waals surface area (Å²) in [5, 5.41) is 14.6. The molecule has 1 unspecified atom stereocenters. The van der Waals surface area contributed by atoms with Gasteiger partial charge in [-0.2, -0.15) is 11.8 Å². The molecule has 3 N–H and O–H groups in total. The van der Waals surface area contributed by atoms with E-state index in [-0.39, 0.29) is 17.6 Å². The Morgan fingerprint density at radius 2 is 2.21 bits per heavy atom. The number of nitrogens with one attached hydrogen (secondary N) is 2. The lowest BCUT2D eigenvalue weighted by atomic mass is 10.1. The molecule has 102 valence electrons. The average molecular weight is 280 g/mol. The first-order valence-electron chi connectivity index (χ1n) is 6.06. The van der Waals surface area contributed by atoms with Crippen LogP contribution < -0.4 is 10.6 Å². The Balaban J connectivity index is 2.07. The monoisotopic (exact) mass is 280 g/mol. The van der Waals surface area contributed by atoms with E-state index in [4.69, 9.17) is 5.11 Å². The number of carboxylic acids is 1. The van der Waals surface area contributed by atoms with E-state index in [0.29, 0.717) is 11.3 Å². The van der Waals surface area contributed by atoms with Crippen molar-refractivity contribution in [3.63, 3.8) is 0 Å². The minimum Gasteiger partial charge on any atom is -0.478 e. The third kappa shape index (κ3) is 3.41. The highest BCUT2D eigenvalue weighted by Gasteiger charge is 2.19. The lowest BCUT2D eigenvalue weighted by Crippen LogP contribution is -2.38. The SMILES string of the molecule is Cc1cccc(NC(=O)NC2CCSC2)c1C(=O)O. The van der Waals surface area contributed by atoms with Crippen molar-refractivity contribution in [2.24, 2.45) is 0 Å². The van der Waals surface area contributed by atoms with Crippen LogP contribution in [0.2, 0.25) is 0 Å². The van der Waals surface area contributed by atoms with Gasteiger partial charge < -0.3 is 15.7 Å². The molecule has 0 bridgehead atoms. The number of hydrogen-bond acceptors (Lipinski definition) is 3. The number of aryl methyl sites for hydroxylation is 1. The topological polar surface area (TPSA) is 78.4 Å². The number of carbonyl (C=O) groups is 2. The Morgan fingerprint density at radius 1 is 1.42 bits per heavy atom. The fraction of sp³-hybridized carbons (Fsp3) is 0.385. The van der Waals surface area contributed by atoms with Gasteiger partial charge in [-0.05, 0) is 30.7 Å². The van der Waals surface area contributed by atoms with Gasteiger partial charge in [-0.3, -0.25) is 0 Å². The second kappa shape index (κ2) is 5.97. The van der Waals surface area contributed by atoms with Gasteiger partial charge in [0.25, 0.3) is 0 Å². The van der Waals surface area contributed by atoms with E-state index in [1.165, 1.54) is 0 Å². The molecular weight excluding hydrogens is 264 g/mol. The molecule has 19 heavy (non-hydrogen) atoms. The molecule has 1 aliphatic rings. The van der Waals surface area contributed by atoms with E-state index in [2.05, 4.69) is 10.6 Å². The van der Waals surface area contributed by atoms with Crippen LogP contribution in [0.4, 0.5) is 10.5 Å². The standard InChI is InChI=1S/C13H16N2O3S/c1-8-3-2-4-10(11(8)12(16)17)15-13(18)14-9-5-6-19-7-9/h2-4,9H,5-7H2,1H3,(H,16,17)(H2,14,15,18). The first kappa shape index (κ1) is 13.7. The molecule has 2 rings (SSSR count). The van der Waals surface area contributed by atoms with Gasteiger partial charge in [0.05, 0.1) is 11.3 Å². The van der Waals surface area contributed by atoms with Crippen molar-refractivity contribution in [3.8, 4) is 0 Å². The van der Waals surface area contributed by atoms with Gasteiger partial charge in [-0.25, -0.2) is 9.59 Å².